The standard InChI is InChI=1S/C14H20N4OS/c1-12(11-18-8-3-6-17-18)16-10-14(19)15-7-5-13-4-2-9-20-13/h2-4,6,8-9,12,16H,5,7,10-11H2,1H3,(H,15,19)/t12-/m1/s1. The SMILES string of the molecule is C[C@H](Cn1cccn1)NCC(=O)NCCc1cccs1. The Balaban J connectivity index is 1.57. The molecule has 0 saturated heterocycles. The molecule has 1 atom stereocenters. The summed E-state index contributed by atoms with van der Waals surface area (Å²) in [5.74, 6) is 0.0360. The topological polar surface area (TPSA) is 59.0 Å². The number of amides is 1. The molecule has 0 bridgehead atoms. The Bertz CT molecular complexity index is 495. The molecule has 2 aromatic rings. The highest BCUT2D eigenvalue weighted by molar-refractivity contribution is 7.09. The maximum Gasteiger partial charge on any atom is 0.233 e. The van der Waals surface area contributed by atoms with Gasteiger partial charge in [0.15, 0.2) is 0 Å². The lowest BCUT2D eigenvalue weighted by atomic mass is 10.3. The van der Waals surface area contributed by atoms with Gasteiger partial charge in [0.25, 0.3) is 0 Å². The first-order valence-corrected chi connectivity index (χ1v) is 7.62. The largest absolute Gasteiger partial charge is 0.355 e. The molecule has 0 aliphatic heterocycles. The van der Waals surface area contributed by atoms with E-state index in [4.69, 9.17) is 0 Å². The molecule has 2 N–H and O–H groups in total. The Kier molecular flexibility index (Phi) is 5.76. The van der Waals surface area contributed by atoms with Crippen LogP contribution in [0.5, 0.6) is 0 Å². The van der Waals surface area contributed by atoms with Crippen LogP contribution in [0.4, 0.5) is 0 Å². The number of nitrogens with one attached hydrogen (secondary N) is 2. The van der Waals surface area contributed by atoms with Crippen LogP contribution in [0.1, 0.15) is 11.8 Å². The summed E-state index contributed by atoms with van der Waals surface area (Å²) in [6, 6.07) is 6.21. The van der Waals surface area contributed by atoms with Crippen LogP contribution in [0, 0.1) is 0 Å². The van der Waals surface area contributed by atoms with Crippen molar-refractivity contribution in [3.05, 3.63) is 40.8 Å². The summed E-state index contributed by atoms with van der Waals surface area (Å²) in [5, 5.41) is 12.3. The van der Waals surface area contributed by atoms with E-state index in [9.17, 15) is 4.79 Å². The van der Waals surface area contributed by atoms with Gasteiger partial charge in [-0.2, -0.15) is 5.10 Å². The fourth-order valence-corrected chi connectivity index (χ4v) is 2.57. The van der Waals surface area contributed by atoms with E-state index in [-0.39, 0.29) is 11.9 Å². The zero-order chi connectivity index (χ0) is 14.2. The van der Waals surface area contributed by atoms with Crippen molar-refractivity contribution in [3.63, 3.8) is 0 Å². The molecule has 0 fully saturated rings. The number of thiophene rings is 1. The van der Waals surface area contributed by atoms with Crippen LogP contribution < -0.4 is 10.6 Å². The van der Waals surface area contributed by atoms with E-state index in [1.54, 1.807) is 17.5 Å². The first-order valence-electron chi connectivity index (χ1n) is 6.74. The van der Waals surface area contributed by atoms with E-state index in [0.29, 0.717) is 13.1 Å². The zero-order valence-electron chi connectivity index (χ0n) is 11.6. The van der Waals surface area contributed by atoms with Crippen LogP contribution in [0.2, 0.25) is 0 Å². The first-order chi connectivity index (χ1) is 9.74. The Morgan fingerprint density at radius 3 is 3.10 bits per heavy atom. The van der Waals surface area contributed by atoms with Crippen LogP contribution >= 0.6 is 11.3 Å². The highest BCUT2D eigenvalue weighted by atomic mass is 32.1. The summed E-state index contributed by atoms with van der Waals surface area (Å²) >= 11 is 1.72. The molecule has 2 heterocycles. The first kappa shape index (κ1) is 14.7. The van der Waals surface area contributed by atoms with E-state index in [1.165, 1.54) is 4.88 Å². The Labute approximate surface area is 123 Å². The van der Waals surface area contributed by atoms with Gasteiger partial charge in [-0.25, -0.2) is 0 Å². The number of nitrogens with zero attached hydrogens (tertiary/aromatic N) is 2. The lowest BCUT2D eigenvalue weighted by Gasteiger charge is -2.13. The van der Waals surface area contributed by atoms with E-state index < -0.39 is 0 Å². The third kappa shape index (κ3) is 5.14. The highest BCUT2D eigenvalue weighted by Gasteiger charge is 2.06. The van der Waals surface area contributed by atoms with Gasteiger partial charge in [0, 0.05) is 29.9 Å². The minimum atomic E-state index is 0.0360. The van der Waals surface area contributed by atoms with E-state index in [1.807, 2.05) is 29.9 Å². The lowest BCUT2D eigenvalue weighted by Crippen LogP contribution is -2.40. The maximum absolute atomic E-state index is 11.7. The van der Waals surface area contributed by atoms with Crippen LogP contribution in [-0.2, 0) is 17.8 Å². The van der Waals surface area contributed by atoms with Crippen molar-refractivity contribution in [2.75, 3.05) is 13.1 Å². The molecule has 0 unspecified atom stereocenters. The zero-order valence-corrected chi connectivity index (χ0v) is 12.4. The Morgan fingerprint density at radius 1 is 1.50 bits per heavy atom. The summed E-state index contributed by atoms with van der Waals surface area (Å²) < 4.78 is 1.85. The van der Waals surface area contributed by atoms with Crippen LogP contribution in [0.25, 0.3) is 0 Å². The second-order valence-electron chi connectivity index (χ2n) is 4.69. The summed E-state index contributed by atoms with van der Waals surface area (Å²) in [6.07, 6.45) is 4.57. The van der Waals surface area contributed by atoms with Crippen LogP contribution in [0.15, 0.2) is 36.0 Å². The molecule has 0 aromatic carbocycles. The van der Waals surface area contributed by atoms with Crippen molar-refractivity contribution in [1.29, 1.82) is 0 Å². The second kappa shape index (κ2) is 7.81. The molecule has 0 aliphatic rings. The normalized spacial score (nSPS) is 12.2. The van der Waals surface area contributed by atoms with Crippen molar-refractivity contribution >= 4 is 17.2 Å². The number of rotatable bonds is 8. The predicted molar refractivity (Wildman–Crippen MR) is 80.7 cm³/mol. The molecule has 0 spiro atoms. The smallest absolute Gasteiger partial charge is 0.233 e. The molecular formula is C14H20N4OS. The summed E-state index contributed by atoms with van der Waals surface area (Å²) in [6.45, 7) is 3.83. The van der Waals surface area contributed by atoms with Gasteiger partial charge in [-0.3, -0.25) is 9.48 Å². The number of aromatic nitrogens is 2. The van der Waals surface area contributed by atoms with Gasteiger partial charge in [0.05, 0.1) is 13.1 Å². The monoisotopic (exact) mass is 292 g/mol. The van der Waals surface area contributed by atoms with Gasteiger partial charge in [-0.1, -0.05) is 6.07 Å². The number of hydrogen-bond acceptors (Lipinski definition) is 4. The highest BCUT2D eigenvalue weighted by Crippen LogP contribution is 2.07. The third-order valence-corrected chi connectivity index (χ3v) is 3.84. The molecule has 2 aromatic heterocycles. The summed E-state index contributed by atoms with van der Waals surface area (Å²) in [7, 11) is 0. The molecule has 0 radical (unpaired) electrons. The molecule has 0 saturated carbocycles. The fourth-order valence-electron chi connectivity index (χ4n) is 1.86. The average Bonchev–Trinajstić information content (AvgIpc) is 3.09. The van der Waals surface area contributed by atoms with Gasteiger partial charge in [-0.15, -0.1) is 11.3 Å². The molecule has 20 heavy (non-hydrogen) atoms. The molecule has 6 heteroatoms. The molecular weight excluding hydrogens is 272 g/mol. The van der Waals surface area contributed by atoms with Crippen molar-refractivity contribution in [2.24, 2.45) is 0 Å². The summed E-state index contributed by atoms with van der Waals surface area (Å²) in [4.78, 5) is 13.0. The van der Waals surface area contributed by atoms with Gasteiger partial charge in [0.1, 0.15) is 0 Å². The van der Waals surface area contributed by atoms with E-state index in [2.05, 4.69) is 27.2 Å². The molecule has 1 amide bonds. The van der Waals surface area contributed by atoms with Gasteiger partial charge < -0.3 is 10.6 Å². The quantitative estimate of drug-likeness (QED) is 0.770. The molecule has 108 valence electrons. The second-order valence-corrected chi connectivity index (χ2v) is 5.72. The van der Waals surface area contributed by atoms with Crippen LogP contribution in [0.3, 0.4) is 0 Å². The van der Waals surface area contributed by atoms with Crippen molar-refractivity contribution < 1.29 is 4.79 Å². The predicted octanol–water partition coefficient (Wildman–Crippen LogP) is 1.28. The number of hydrogen-bond donors (Lipinski definition) is 2. The molecule has 0 aliphatic carbocycles. The van der Waals surface area contributed by atoms with Crippen molar-refractivity contribution in [3.8, 4) is 0 Å². The minimum Gasteiger partial charge on any atom is -0.355 e. The minimum absolute atomic E-state index is 0.0360. The maximum atomic E-state index is 11.7. The van der Waals surface area contributed by atoms with E-state index >= 15 is 0 Å². The summed E-state index contributed by atoms with van der Waals surface area (Å²) in [5.41, 5.74) is 0. The third-order valence-electron chi connectivity index (χ3n) is 2.90. The van der Waals surface area contributed by atoms with Gasteiger partial charge in [0.2, 0.25) is 5.91 Å². The van der Waals surface area contributed by atoms with Gasteiger partial charge in [-0.05, 0) is 30.9 Å². The van der Waals surface area contributed by atoms with Crippen LogP contribution in [-0.4, -0.2) is 34.8 Å². The molecule has 5 nitrogen and oxygen atoms in total. The molecule has 2 rings (SSSR count). The number of carbonyl (C=O) groups is 1. The Morgan fingerprint density at radius 2 is 2.40 bits per heavy atom. The fraction of sp³-hybridized carbons (Fsp3) is 0.429. The van der Waals surface area contributed by atoms with Crippen molar-refractivity contribution in [2.45, 2.75) is 25.9 Å². The number of carbonyl (C=O) groups excluding carboxylic acids is 1. The van der Waals surface area contributed by atoms with Crippen molar-refractivity contribution in [1.82, 2.24) is 20.4 Å². The Hall–Kier alpha value is -1.66. The lowest BCUT2D eigenvalue weighted by molar-refractivity contribution is -0.120. The van der Waals surface area contributed by atoms with Gasteiger partial charge >= 0.3 is 0 Å². The average molecular weight is 292 g/mol. The van der Waals surface area contributed by atoms with E-state index in [0.717, 1.165) is 13.0 Å².